The molecule has 96 valence electrons. The summed E-state index contributed by atoms with van der Waals surface area (Å²) in [6.07, 6.45) is 7.85. The van der Waals surface area contributed by atoms with Crippen molar-refractivity contribution in [1.29, 1.82) is 0 Å². The van der Waals surface area contributed by atoms with Crippen molar-refractivity contribution in [2.45, 2.75) is 50.0 Å². The highest BCUT2D eigenvalue weighted by Crippen LogP contribution is 2.54. The third-order valence-corrected chi connectivity index (χ3v) is 5.63. The lowest BCUT2D eigenvalue weighted by Gasteiger charge is -2.56. The molecular formula is C16H21NO. The fourth-order valence-electron chi connectivity index (χ4n) is 4.91. The van der Waals surface area contributed by atoms with Crippen molar-refractivity contribution >= 4 is 0 Å². The van der Waals surface area contributed by atoms with Gasteiger partial charge in [-0.15, -0.1) is 0 Å². The number of hydrogen-bond acceptors (Lipinski definition) is 2. The Labute approximate surface area is 108 Å². The second-order valence-electron chi connectivity index (χ2n) is 6.36. The first kappa shape index (κ1) is 10.9. The minimum Gasteiger partial charge on any atom is -0.508 e. The predicted molar refractivity (Wildman–Crippen MR) is 71.9 cm³/mol. The van der Waals surface area contributed by atoms with E-state index in [1.54, 1.807) is 0 Å². The van der Waals surface area contributed by atoms with Gasteiger partial charge in [0.05, 0.1) is 0 Å². The summed E-state index contributed by atoms with van der Waals surface area (Å²) in [5, 5.41) is 13.6. The highest BCUT2D eigenvalue weighted by atomic mass is 16.3. The normalized spacial score (nSPS) is 37.8. The number of fused-ring (bicyclic) bond motifs is 1. The van der Waals surface area contributed by atoms with Gasteiger partial charge >= 0.3 is 0 Å². The molecule has 1 aliphatic heterocycles. The fourth-order valence-corrected chi connectivity index (χ4v) is 4.91. The van der Waals surface area contributed by atoms with Gasteiger partial charge in [-0.25, -0.2) is 0 Å². The largest absolute Gasteiger partial charge is 0.508 e. The lowest BCUT2D eigenvalue weighted by molar-refractivity contribution is 0.0795. The number of rotatable bonds is 0. The predicted octanol–water partition coefficient (Wildman–Crippen LogP) is 2.74. The summed E-state index contributed by atoms with van der Waals surface area (Å²) in [7, 11) is 0. The molecule has 2 aliphatic carbocycles. The minimum absolute atomic E-state index is 0.375. The standard InChI is InChI=1S/C16H21NO/c18-12-5-4-11-9-15-13-3-1-2-6-16(13,7-8-17-15)14(11)10-12/h4-5,10,13,15,17-18H,1-3,6-9H2/t13-,15+,16-/m0/s1. The van der Waals surface area contributed by atoms with Crippen LogP contribution in [0.2, 0.25) is 0 Å². The summed E-state index contributed by atoms with van der Waals surface area (Å²) < 4.78 is 0. The molecule has 1 aromatic rings. The Bertz CT molecular complexity index is 480. The Morgan fingerprint density at radius 2 is 2.17 bits per heavy atom. The van der Waals surface area contributed by atoms with Crippen LogP contribution in [0.1, 0.15) is 43.2 Å². The maximum absolute atomic E-state index is 9.86. The molecule has 1 saturated carbocycles. The van der Waals surface area contributed by atoms with Gasteiger partial charge < -0.3 is 10.4 Å². The number of phenolic OH excluding ortho intramolecular Hbond substituents is 1. The van der Waals surface area contributed by atoms with Crippen molar-refractivity contribution in [1.82, 2.24) is 5.32 Å². The first-order valence-electron chi connectivity index (χ1n) is 7.35. The Hall–Kier alpha value is -1.02. The summed E-state index contributed by atoms with van der Waals surface area (Å²) in [5.41, 5.74) is 3.33. The van der Waals surface area contributed by atoms with E-state index in [0.717, 1.165) is 18.9 Å². The first-order chi connectivity index (χ1) is 8.79. The van der Waals surface area contributed by atoms with Gasteiger partial charge in [-0.05, 0) is 61.4 Å². The number of phenols is 1. The number of hydrogen-bond donors (Lipinski definition) is 2. The maximum atomic E-state index is 9.86. The van der Waals surface area contributed by atoms with Crippen molar-refractivity contribution in [3.63, 3.8) is 0 Å². The highest BCUT2D eigenvalue weighted by molar-refractivity contribution is 5.45. The van der Waals surface area contributed by atoms with Crippen molar-refractivity contribution in [3.05, 3.63) is 29.3 Å². The summed E-state index contributed by atoms with van der Waals surface area (Å²) in [6.45, 7) is 1.15. The third kappa shape index (κ3) is 1.33. The van der Waals surface area contributed by atoms with Crippen LogP contribution in [0.25, 0.3) is 0 Å². The van der Waals surface area contributed by atoms with E-state index in [1.165, 1.54) is 43.2 Å². The Balaban J connectivity index is 1.91. The highest BCUT2D eigenvalue weighted by Gasteiger charge is 2.51. The van der Waals surface area contributed by atoms with E-state index in [0.29, 0.717) is 17.2 Å². The number of benzene rings is 1. The molecule has 1 saturated heterocycles. The first-order valence-corrected chi connectivity index (χ1v) is 7.35. The Morgan fingerprint density at radius 3 is 3.11 bits per heavy atom. The van der Waals surface area contributed by atoms with E-state index in [9.17, 15) is 5.11 Å². The Kier molecular flexibility index (Phi) is 2.25. The minimum atomic E-state index is 0.375. The molecule has 4 rings (SSSR count). The molecule has 1 heterocycles. The molecule has 0 spiro atoms. The zero-order valence-electron chi connectivity index (χ0n) is 10.8. The lowest BCUT2D eigenvalue weighted by Crippen LogP contribution is -2.59. The van der Waals surface area contributed by atoms with Crippen molar-refractivity contribution in [2.75, 3.05) is 6.54 Å². The molecular weight excluding hydrogens is 222 g/mol. The van der Waals surface area contributed by atoms with Crippen molar-refractivity contribution < 1.29 is 5.11 Å². The Morgan fingerprint density at radius 1 is 1.22 bits per heavy atom. The lowest BCUT2D eigenvalue weighted by atomic mass is 9.53. The van der Waals surface area contributed by atoms with E-state index >= 15 is 0 Å². The van der Waals surface area contributed by atoms with Crippen LogP contribution < -0.4 is 5.32 Å². The number of nitrogens with one attached hydrogen (secondary N) is 1. The third-order valence-electron chi connectivity index (χ3n) is 5.63. The van der Waals surface area contributed by atoms with Crippen LogP contribution in [0.4, 0.5) is 0 Å². The molecule has 0 radical (unpaired) electrons. The van der Waals surface area contributed by atoms with Crippen molar-refractivity contribution in [3.8, 4) is 5.75 Å². The van der Waals surface area contributed by atoms with Crippen LogP contribution >= 0.6 is 0 Å². The SMILES string of the molecule is Oc1ccc2c(c1)[C@]13CCCC[C@H]1[C@@H](C2)NCC3. The van der Waals surface area contributed by atoms with Crippen LogP contribution in [-0.2, 0) is 11.8 Å². The monoisotopic (exact) mass is 243 g/mol. The fraction of sp³-hybridized carbons (Fsp3) is 0.625. The molecule has 3 aliphatic rings. The van der Waals surface area contributed by atoms with E-state index in [-0.39, 0.29) is 0 Å². The summed E-state index contributed by atoms with van der Waals surface area (Å²) in [4.78, 5) is 0. The second kappa shape index (κ2) is 3.74. The van der Waals surface area contributed by atoms with Crippen LogP contribution in [-0.4, -0.2) is 17.7 Å². The van der Waals surface area contributed by atoms with Crippen LogP contribution in [0.3, 0.4) is 0 Å². The maximum Gasteiger partial charge on any atom is 0.115 e. The molecule has 2 fully saturated rings. The van der Waals surface area contributed by atoms with Crippen LogP contribution in [0.15, 0.2) is 18.2 Å². The average molecular weight is 243 g/mol. The molecule has 0 amide bonds. The van der Waals surface area contributed by atoms with Gasteiger partial charge in [-0.3, -0.25) is 0 Å². The quantitative estimate of drug-likeness (QED) is 0.734. The second-order valence-corrected chi connectivity index (χ2v) is 6.36. The molecule has 2 heteroatoms. The number of piperidine rings is 1. The van der Waals surface area contributed by atoms with E-state index in [1.807, 2.05) is 6.07 Å². The molecule has 2 N–H and O–H groups in total. The van der Waals surface area contributed by atoms with Gasteiger partial charge in [-0.2, -0.15) is 0 Å². The van der Waals surface area contributed by atoms with Crippen LogP contribution in [0, 0.1) is 5.92 Å². The topological polar surface area (TPSA) is 32.3 Å². The average Bonchev–Trinajstić information content (AvgIpc) is 2.40. The van der Waals surface area contributed by atoms with E-state index < -0.39 is 0 Å². The summed E-state index contributed by atoms with van der Waals surface area (Å²) >= 11 is 0. The molecule has 3 atom stereocenters. The van der Waals surface area contributed by atoms with Gasteiger partial charge in [0.25, 0.3) is 0 Å². The van der Waals surface area contributed by atoms with Crippen LogP contribution in [0.5, 0.6) is 5.75 Å². The van der Waals surface area contributed by atoms with E-state index in [2.05, 4.69) is 17.4 Å². The molecule has 2 bridgehead atoms. The van der Waals surface area contributed by atoms with E-state index in [4.69, 9.17) is 0 Å². The zero-order chi connectivity index (χ0) is 12.2. The zero-order valence-corrected chi connectivity index (χ0v) is 10.8. The van der Waals surface area contributed by atoms with Gasteiger partial charge in [0.1, 0.15) is 5.75 Å². The van der Waals surface area contributed by atoms with Gasteiger partial charge in [0.2, 0.25) is 0 Å². The van der Waals surface area contributed by atoms with Crippen molar-refractivity contribution in [2.24, 2.45) is 5.92 Å². The summed E-state index contributed by atoms with van der Waals surface area (Å²) in [6, 6.07) is 6.75. The molecule has 2 nitrogen and oxygen atoms in total. The number of aromatic hydroxyl groups is 1. The molecule has 0 unspecified atom stereocenters. The summed E-state index contributed by atoms with van der Waals surface area (Å²) in [5.74, 6) is 1.25. The van der Waals surface area contributed by atoms with Gasteiger partial charge in [-0.1, -0.05) is 18.9 Å². The van der Waals surface area contributed by atoms with Gasteiger partial charge in [0, 0.05) is 11.5 Å². The molecule has 1 aromatic carbocycles. The van der Waals surface area contributed by atoms with Gasteiger partial charge in [0.15, 0.2) is 0 Å². The smallest absolute Gasteiger partial charge is 0.115 e. The molecule has 18 heavy (non-hydrogen) atoms. The molecule has 0 aromatic heterocycles.